The fourth-order valence-electron chi connectivity index (χ4n) is 2.71. The third kappa shape index (κ3) is 3.97. The van der Waals surface area contributed by atoms with E-state index in [-0.39, 0.29) is 5.91 Å². The highest BCUT2D eigenvalue weighted by Crippen LogP contribution is 2.23. The van der Waals surface area contributed by atoms with E-state index in [1.807, 2.05) is 19.1 Å². The van der Waals surface area contributed by atoms with Crippen molar-refractivity contribution < 1.29 is 9.32 Å². The zero-order chi connectivity index (χ0) is 18.7. The Labute approximate surface area is 158 Å². The summed E-state index contributed by atoms with van der Waals surface area (Å²) in [5, 5.41) is 4.74. The molecule has 5 heteroatoms. The van der Waals surface area contributed by atoms with E-state index in [2.05, 4.69) is 31.1 Å². The molecule has 0 fully saturated rings. The Morgan fingerprint density at radius 3 is 2.46 bits per heavy atom. The SMILES string of the molecule is CCN(Cc1cc(-c2ccc(C)c(C)c2)on1)C(=O)c1ccc(Cl)cc1. The first-order valence-electron chi connectivity index (χ1n) is 8.56. The molecule has 0 saturated heterocycles. The van der Waals surface area contributed by atoms with Gasteiger partial charge < -0.3 is 9.42 Å². The van der Waals surface area contributed by atoms with Gasteiger partial charge in [-0.25, -0.2) is 0 Å². The molecule has 0 unspecified atom stereocenters. The molecule has 3 aromatic rings. The molecule has 0 spiro atoms. The zero-order valence-corrected chi connectivity index (χ0v) is 15.9. The molecule has 0 saturated carbocycles. The molecule has 4 nitrogen and oxygen atoms in total. The number of amides is 1. The van der Waals surface area contributed by atoms with Gasteiger partial charge in [0.05, 0.1) is 6.54 Å². The smallest absolute Gasteiger partial charge is 0.254 e. The molecule has 0 radical (unpaired) electrons. The van der Waals surface area contributed by atoms with Crippen LogP contribution in [-0.2, 0) is 6.54 Å². The molecule has 0 bridgehead atoms. The van der Waals surface area contributed by atoms with Crippen molar-refractivity contribution in [3.8, 4) is 11.3 Å². The van der Waals surface area contributed by atoms with E-state index in [4.69, 9.17) is 16.1 Å². The number of benzene rings is 2. The normalized spacial score (nSPS) is 10.8. The van der Waals surface area contributed by atoms with Crippen molar-refractivity contribution in [1.29, 1.82) is 0 Å². The molecular formula is C21H21ClN2O2. The summed E-state index contributed by atoms with van der Waals surface area (Å²) in [7, 11) is 0. The molecular weight excluding hydrogens is 348 g/mol. The third-order valence-electron chi connectivity index (χ3n) is 4.46. The lowest BCUT2D eigenvalue weighted by Gasteiger charge is -2.19. The molecule has 0 atom stereocenters. The van der Waals surface area contributed by atoms with Gasteiger partial charge in [0.25, 0.3) is 5.91 Å². The number of aromatic nitrogens is 1. The van der Waals surface area contributed by atoms with Crippen molar-refractivity contribution in [3.05, 3.63) is 75.9 Å². The Hall–Kier alpha value is -2.59. The number of hydrogen-bond donors (Lipinski definition) is 0. The average Bonchev–Trinajstić information content (AvgIpc) is 3.10. The van der Waals surface area contributed by atoms with Crippen LogP contribution in [0, 0.1) is 13.8 Å². The van der Waals surface area contributed by atoms with Gasteiger partial charge in [-0.15, -0.1) is 0 Å². The highest BCUT2D eigenvalue weighted by atomic mass is 35.5. The van der Waals surface area contributed by atoms with Gasteiger partial charge in [0.15, 0.2) is 5.76 Å². The van der Waals surface area contributed by atoms with Crippen molar-refractivity contribution in [2.24, 2.45) is 0 Å². The summed E-state index contributed by atoms with van der Waals surface area (Å²) in [5.41, 5.74) is 4.75. The molecule has 134 valence electrons. The van der Waals surface area contributed by atoms with Crippen LogP contribution in [0.4, 0.5) is 0 Å². The molecule has 26 heavy (non-hydrogen) atoms. The van der Waals surface area contributed by atoms with Gasteiger partial charge in [-0.2, -0.15) is 0 Å². The summed E-state index contributed by atoms with van der Waals surface area (Å²) < 4.78 is 5.49. The standard InChI is InChI=1S/C21H21ClN2O2/c1-4-24(21(25)16-7-9-18(22)10-8-16)13-19-12-20(26-23-19)17-6-5-14(2)15(3)11-17/h5-12H,4,13H2,1-3H3. The van der Waals surface area contributed by atoms with Crippen LogP contribution in [-0.4, -0.2) is 22.5 Å². The minimum atomic E-state index is -0.0557. The lowest BCUT2D eigenvalue weighted by Crippen LogP contribution is -2.30. The number of rotatable bonds is 5. The first kappa shape index (κ1) is 18.2. The van der Waals surface area contributed by atoms with Gasteiger partial charge in [-0.05, 0) is 62.2 Å². The van der Waals surface area contributed by atoms with E-state index in [0.717, 1.165) is 11.3 Å². The van der Waals surface area contributed by atoms with Crippen LogP contribution in [0.2, 0.25) is 5.02 Å². The molecule has 0 N–H and O–H groups in total. The number of aryl methyl sites for hydroxylation is 2. The Balaban J connectivity index is 1.77. The van der Waals surface area contributed by atoms with E-state index >= 15 is 0 Å². The van der Waals surface area contributed by atoms with E-state index in [1.165, 1.54) is 11.1 Å². The molecule has 3 rings (SSSR count). The summed E-state index contributed by atoms with van der Waals surface area (Å²) >= 11 is 5.89. The second-order valence-electron chi connectivity index (χ2n) is 6.31. The minimum Gasteiger partial charge on any atom is -0.356 e. The summed E-state index contributed by atoms with van der Waals surface area (Å²) in [5.74, 6) is 0.651. The van der Waals surface area contributed by atoms with Gasteiger partial charge >= 0.3 is 0 Å². The first-order valence-corrected chi connectivity index (χ1v) is 8.93. The second-order valence-corrected chi connectivity index (χ2v) is 6.74. The first-order chi connectivity index (χ1) is 12.5. The number of halogens is 1. The van der Waals surface area contributed by atoms with Crippen LogP contribution in [0.15, 0.2) is 53.1 Å². The van der Waals surface area contributed by atoms with E-state index in [0.29, 0.717) is 29.4 Å². The van der Waals surface area contributed by atoms with Crippen LogP contribution in [0.1, 0.15) is 34.1 Å². The highest BCUT2D eigenvalue weighted by molar-refractivity contribution is 6.30. The summed E-state index contributed by atoms with van der Waals surface area (Å²) in [6.07, 6.45) is 0. The maximum atomic E-state index is 12.7. The van der Waals surface area contributed by atoms with E-state index < -0.39 is 0 Å². The highest BCUT2D eigenvalue weighted by Gasteiger charge is 2.17. The fraction of sp³-hybridized carbons (Fsp3) is 0.238. The van der Waals surface area contributed by atoms with Gasteiger partial charge in [0, 0.05) is 28.8 Å². The Bertz CT molecular complexity index is 916. The molecule has 2 aromatic carbocycles. The molecule has 1 aromatic heterocycles. The van der Waals surface area contributed by atoms with Crippen molar-refractivity contribution in [1.82, 2.24) is 10.1 Å². The summed E-state index contributed by atoms with van der Waals surface area (Å²) in [4.78, 5) is 14.4. The van der Waals surface area contributed by atoms with Gasteiger partial charge in [0.1, 0.15) is 5.69 Å². The summed E-state index contributed by atoms with van der Waals surface area (Å²) in [6.45, 7) is 7.06. The topological polar surface area (TPSA) is 46.3 Å². The number of hydrogen-bond acceptors (Lipinski definition) is 3. The van der Waals surface area contributed by atoms with Crippen molar-refractivity contribution in [3.63, 3.8) is 0 Å². The Morgan fingerprint density at radius 2 is 1.81 bits per heavy atom. The average molecular weight is 369 g/mol. The number of nitrogens with zero attached hydrogens (tertiary/aromatic N) is 2. The van der Waals surface area contributed by atoms with Gasteiger partial charge in [0.2, 0.25) is 0 Å². The fourth-order valence-corrected chi connectivity index (χ4v) is 2.84. The maximum absolute atomic E-state index is 12.7. The van der Waals surface area contributed by atoms with Gasteiger partial charge in [-0.1, -0.05) is 28.9 Å². The quantitative estimate of drug-likeness (QED) is 0.616. The zero-order valence-electron chi connectivity index (χ0n) is 15.1. The Morgan fingerprint density at radius 1 is 1.08 bits per heavy atom. The van der Waals surface area contributed by atoms with Crippen LogP contribution < -0.4 is 0 Å². The molecule has 0 aliphatic carbocycles. The second kappa shape index (κ2) is 7.75. The lowest BCUT2D eigenvalue weighted by molar-refractivity contribution is 0.0749. The van der Waals surface area contributed by atoms with Crippen LogP contribution in [0.3, 0.4) is 0 Å². The van der Waals surface area contributed by atoms with Crippen LogP contribution in [0.25, 0.3) is 11.3 Å². The van der Waals surface area contributed by atoms with Crippen molar-refractivity contribution in [2.75, 3.05) is 6.54 Å². The molecule has 1 amide bonds. The largest absolute Gasteiger partial charge is 0.356 e. The predicted octanol–water partition coefficient (Wildman–Crippen LogP) is 5.27. The minimum absolute atomic E-state index is 0.0557. The summed E-state index contributed by atoms with van der Waals surface area (Å²) in [6, 6.07) is 15.0. The van der Waals surface area contributed by atoms with E-state index in [9.17, 15) is 4.79 Å². The predicted molar refractivity (Wildman–Crippen MR) is 103 cm³/mol. The molecule has 0 aliphatic heterocycles. The number of carbonyl (C=O) groups is 1. The number of carbonyl (C=O) groups excluding carboxylic acids is 1. The maximum Gasteiger partial charge on any atom is 0.254 e. The van der Waals surface area contributed by atoms with Crippen molar-refractivity contribution in [2.45, 2.75) is 27.3 Å². The monoisotopic (exact) mass is 368 g/mol. The third-order valence-corrected chi connectivity index (χ3v) is 4.72. The lowest BCUT2D eigenvalue weighted by atomic mass is 10.0. The van der Waals surface area contributed by atoms with Crippen LogP contribution in [0.5, 0.6) is 0 Å². The van der Waals surface area contributed by atoms with Crippen LogP contribution >= 0.6 is 11.6 Å². The van der Waals surface area contributed by atoms with Gasteiger partial charge in [-0.3, -0.25) is 4.79 Å². The molecule has 1 heterocycles. The van der Waals surface area contributed by atoms with E-state index in [1.54, 1.807) is 29.2 Å². The Kier molecular flexibility index (Phi) is 5.43. The van der Waals surface area contributed by atoms with Crippen molar-refractivity contribution >= 4 is 17.5 Å². The molecule has 0 aliphatic rings.